The van der Waals surface area contributed by atoms with Crippen LogP contribution in [0.5, 0.6) is 0 Å². The van der Waals surface area contributed by atoms with Gasteiger partial charge in [0.15, 0.2) is 0 Å². The predicted octanol–water partition coefficient (Wildman–Crippen LogP) is 0.719. The molecule has 0 atom stereocenters. The van der Waals surface area contributed by atoms with Crippen LogP contribution in [0.15, 0.2) is 0 Å². The third kappa shape index (κ3) is 3.80. The molecule has 1 fully saturated rings. The van der Waals surface area contributed by atoms with Gasteiger partial charge in [-0.1, -0.05) is 12.8 Å². The van der Waals surface area contributed by atoms with Gasteiger partial charge >= 0.3 is 0 Å². The van der Waals surface area contributed by atoms with E-state index in [0.717, 1.165) is 19.6 Å². The minimum Gasteiger partial charge on any atom is -0.348 e. The highest BCUT2D eigenvalue weighted by Crippen LogP contribution is 2.08. The number of hydrogen-bond donors (Lipinski definition) is 2. The van der Waals surface area contributed by atoms with Gasteiger partial charge in [0.1, 0.15) is 5.82 Å². The maximum absolute atomic E-state index is 11.7. The molecule has 2 rings (SSSR count). The third-order valence-corrected chi connectivity index (χ3v) is 3.21. The van der Waals surface area contributed by atoms with E-state index in [-0.39, 0.29) is 11.7 Å². The zero-order valence-corrected chi connectivity index (χ0v) is 10.9. The van der Waals surface area contributed by atoms with E-state index in [0.29, 0.717) is 12.4 Å². The van der Waals surface area contributed by atoms with Gasteiger partial charge in [0.05, 0.1) is 0 Å². The fraction of sp³-hybridized carbons (Fsp3) is 0.750. The summed E-state index contributed by atoms with van der Waals surface area (Å²) < 4.78 is 0. The van der Waals surface area contributed by atoms with E-state index in [1.165, 1.54) is 25.7 Å². The van der Waals surface area contributed by atoms with Crippen LogP contribution in [0.4, 0.5) is 0 Å². The van der Waals surface area contributed by atoms with Crippen molar-refractivity contribution in [1.82, 2.24) is 25.4 Å². The minimum absolute atomic E-state index is 0.200. The quantitative estimate of drug-likeness (QED) is 0.827. The second-order valence-electron chi connectivity index (χ2n) is 4.76. The summed E-state index contributed by atoms with van der Waals surface area (Å²) in [5.74, 6) is 0.685. The molecule has 6 heteroatoms. The van der Waals surface area contributed by atoms with Crippen LogP contribution in [0.3, 0.4) is 0 Å². The number of H-pyrrole nitrogens is 1. The van der Waals surface area contributed by atoms with Crippen LogP contribution >= 0.6 is 0 Å². The summed E-state index contributed by atoms with van der Waals surface area (Å²) in [6.45, 7) is 5.65. The van der Waals surface area contributed by atoms with Crippen LogP contribution in [-0.4, -0.2) is 52.2 Å². The Morgan fingerprint density at radius 1 is 1.33 bits per heavy atom. The van der Waals surface area contributed by atoms with E-state index in [1.807, 2.05) is 0 Å². The van der Waals surface area contributed by atoms with Crippen molar-refractivity contribution in [2.75, 3.05) is 26.2 Å². The molecule has 1 aliphatic heterocycles. The zero-order chi connectivity index (χ0) is 12.8. The van der Waals surface area contributed by atoms with Crippen molar-refractivity contribution in [3.63, 3.8) is 0 Å². The molecule has 18 heavy (non-hydrogen) atoms. The second kappa shape index (κ2) is 6.49. The molecular weight excluding hydrogens is 230 g/mol. The topological polar surface area (TPSA) is 73.9 Å². The molecule has 1 aromatic heterocycles. The van der Waals surface area contributed by atoms with E-state index < -0.39 is 0 Å². The maximum atomic E-state index is 11.7. The summed E-state index contributed by atoms with van der Waals surface area (Å²) in [4.78, 5) is 18.1. The van der Waals surface area contributed by atoms with Crippen molar-refractivity contribution >= 4 is 5.91 Å². The molecule has 0 aromatic carbocycles. The molecule has 1 amide bonds. The zero-order valence-electron chi connectivity index (χ0n) is 10.9. The number of amides is 1. The molecule has 1 aromatic rings. The Balaban J connectivity index is 1.69. The number of carbonyl (C=O) groups is 1. The number of hydrogen-bond acceptors (Lipinski definition) is 4. The van der Waals surface area contributed by atoms with Gasteiger partial charge in [-0.25, -0.2) is 4.98 Å². The summed E-state index contributed by atoms with van der Waals surface area (Å²) in [7, 11) is 0. The average molecular weight is 251 g/mol. The van der Waals surface area contributed by atoms with Gasteiger partial charge in [-0.15, -0.1) is 5.10 Å². The van der Waals surface area contributed by atoms with Crippen molar-refractivity contribution in [1.29, 1.82) is 0 Å². The summed E-state index contributed by atoms with van der Waals surface area (Å²) >= 11 is 0. The third-order valence-electron chi connectivity index (χ3n) is 3.21. The molecule has 0 spiro atoms. The Morgan fingerprint density at radius 3 is 2.67 bits per heavy atom. The number of aromatic nitrogens is 3. The lowest BCUT2D eigenvalue weighted by Crippen LogP contribution is -2.35. The van der Waals surface area contributed by atoms with Crippen molar-refractivity contribution < 1.29 is 4.79 Å². The Bertz CT molecular complexity index is 382. The SMILES string of the molecule is Cc1nc(C(=O)NCCN2CCCCCC2)n[nH]1. The number of likely N-dealkylation sites (tertiary alicyclic amines) is 1. The Hall–Kier alpha value is -1.43. The first-order valence-corrected chi connectivity index (χ1v) is 6.65. The fourth-order valence-corrected chi connectivity index (χ4v) is 2.21. The van der Waals surface area contributed by atoms with Crippen molar-refractivity contribution in [2.24, 2.45) is 0 Å². The first-order valence-electron chi connectivity index (χ1n) is 6.65. The monoisotopic (exact) mass is 251 g/mol. The van der Waals surface area contributed by atoms with E-state index in [9.17, 15) is 4.79 Å². The summed E-state index contributed by atoms with van der Waals surface area (Å²) in [5, 5.41) is 9.35. The number of aryl methyl sites for hydroxylation is 1. The van der Waals surface area contributed by atoms with Crippen molar-refractivity contribution in [3.8, 4) is 0 Å². The summed E-state index contributed by atoms with van der Waals surface area (Å²) in [5.41, 5.74) is 0. The molecule has 100 valence electrons. The average Bonchev–Trinajstić information content (AvgIpc) is 2.63. The molecule has 2 heterocycles. The largest absolute Gasteiger partial charge is 0.348 e. The Labute approximate surface area is 107 Å². The van der Waals surface area contributed by atoms with Crippen LogP contribution in [0, 0.1) is 6.92 Å². The molecule has 1 saturated heterocycles. The molecule has 6 nitrogen and oxygen atoms in total. The number of aromatic amines is 1. The lowest BCUT2D eigenvalue weighted by molar-refractivity contribution is 0.0938. The number of nitrogens with zero attached hydrogens (tertiary/aromatic N) is 3. The molecule has 0 radical (unpaired) electrons. The van der Waals surface area contributed by atoms with Crippen LogP contribution in [0.1, 0.15) is 42.1 Å². The van der Waals surface area contributed by atoms with E-state index in [2.05, 4.69) is 25.4 Å². The summed E-state index contributed by atoms with van der Waals surface area (Å²) in [6, 6.07) is 0. The normalized spacial score (nSPS) is 17.4. The van der Waals surface area contributed by atoms with Crippen LogP contribution in [-0.2, 0) is 0 Å². The second-order valence-corrected chi connectivity index (χ2v) is 4.76. The first kappa shape index (κ1) is 13.0. The van der Waals surface area contributed by atoms with Crippen LogP contribution in [0.2, 0.25) is 0 Å². The van der Waals surface area contributed by atoms with Crippen molar-refractivity contribution in [3.05, 3.63) is 11.6 Å². The molecule has 0 bridgehead atoms. The minimum atomic E-state index is -0.200. The van der Waals surface area contributed by atoms with Gasteiger partial charge in [0, 0.05) is 13.1 Å². The highest BCUT2D eigenvalue weighted by Gasteiger charge is 2.12. The van der Waals surface area contributed by atoms with Gasteiger partial charge < -0.3 is 10.2 Å². The van der Waals surface area contributed by atoms with Gasteiger partial charge in [0.25, 0.3) is 5.91 Å². The Kier molecular flexibility index (Phi) is 4.69. The van der Waals surface area contributed by atoms with E-state index in [1.54, 1.807) is 6.92 Å². The lowest BCUT2D eigenvalue weighted by atomic mass is 10.2. The van der Waals surface area contributed by atoms with E-state index >= 15 is 0 Å². The first-order chi connectivity index (χ1) is 8.75. The maximum Gasteiger partial charge on any atom is 0.291 e. The number of nitrogens with one attached hydrogen (secondary N) is 2. The van der Waals surface area contributed by atoms with Gasteiger partial charge in [-0.05, 0) is 32.9 Å². The fourth-order valence-electron chi connectivity index (χ4n) is 2.21. The number of rotatable bonds is 4. The van der Waals surface area contributed by atoms with Gasteiger partial charge in [0.2, 0.25) is 5.82 Å². The van der Waals surface area contributed by atoms with Gasteiger partial charge in [-0.2, -0.15) is 0 Å². The molecular formula is C12H21N5O. The highest BCUT2D eigenvalue weighted by molar-refractivity contribution is 5.90. The summed E-state index contributed by atoms with van der Waals surface area (Å²) in [6.07, 6.45) is 5.21. The predicted molar refractivity (Wildman–Crippen MR) is 68.4 cm³/mol. The number of carbonyl (C=O) groups excluding carboxylic acids is 1. The molecule has 2 N–H and O–H groups in total. The van der Waals surface area contributed by atoms with Crippen molar-refractivity contribution in [2.45, 2.75) is 32.6 Å². The Morgan fingerprint density at radius 2 is 2.06 bits per heavy atom. The van der Waals surface area contributed by atoms with Gasteiger partial charge in [-0.3, -0.25) is 9.89 Å². The highest BCUT2D eigenvalue weighted by atomic mass is 16.2. The smallest absolute Gasteiger partial charge is 0.291 e. The molecule has 1 aliphatic rings. The standard InChI is InChI=1S/C12H21N5O/c1-10-14-11(16-15-10)12(18)13-6-9-17-7-4-2-3-5-8-17/h2-9H2,1H3,(H,13,18)(H,14,15,16). The van der Waals surface area contributed by atoms with Crippen LogP contribution < -0.4 is 5.32 Å². The van der Waals surface area contributed by atoms with E-state index in [4.69, 9.17) is 0 Å². The lowest BCUT2D eigenvalue weighted by Gasteiger charge is -2.19. The van der Waals surface area contributed by atoms with Crippen LogP contribution in [0.25, 0.3) is 0 Å². The molecule has 0 aliphatic carbocycles. The molecule has 0 unspecified atom stereocenters. The molecule has 0 saturated carbocycles.